The van der Waals surface area contributed by atoms with E-state index in [2.05, 4.69) is 140 Å². The SMILES string of the molecule is Cc1cc(-c2ccc(-c3cccc4ccccc34)cc2)nc(-c2ccc(-c3cccc4ccccc34)cc2)n1. The van der Waals surface area contributed by atoms with E-state index in [9.17, 15) is 0 Å². The van der Waals surface area contributed by atoms with E-state index in [1.807, 2.05) is 6.92 Å². The number of hydrogen-bond acceptors (Lipinski definition) is 2. The van der Waals surface area contributed by atoms with E-state index >= 15 is 0 Å². The average Bonchev–Trinajstić information content (AvgIpc) is 3.00. The first-order chi connectivity index (χ1) is 19.2. The maximum Gasteiger partial charge on any atom is 0.160 e. The van der Waals surface area contributed by atoms with Crippen LogP contribution in [0.25, 0.3) is 66.4 Å². The van der Waals surface area contributed by atoms with Gasteiger partial charge in [-0.1, -0.05) is 133 Å². The number of hydrogen-bond donors (Lipinski definition) is 0. The topological polar surface area (TPSA) is 25.8 Å². The van der Waals surface area contributed by atoms with E-state index in [0.29, 0.717) is 0 Å². The Kier molecular flexibility index (Phi) is 5.71. The van der Waals surface area contributed by atoms with Gasteiger partial charge in [-0.05, 0) is 56.8 Å². The molecule has 0 atom stereocenters. The molecule has 0 aliphatic heterocycles. The summed E-state index contributed by atoms with van der Waals surface area (Å²) in [6.45, 7) is 2.03. The van der Waals surface area contributed by atoms with Crippen LogP contribution in [0.5, 0.6) is 0 Å². The normalized spacial score (nSPS) is 11.2. The Morgan fingerprint density at radius 1 is 0.410 bits per heavy atom. The molecule has 184 valence electrons. The lowest BCUT2D eigenvalue weighted by molar-refractivity contribution is 1.12. The predicted octanol–water partition coefficient (Wildman–Crippen LogP) is 9.76. The van der Waals surface area contributed by atoms with E-state index in [1.54, 1.807) is 0 Å². The van der Waals surface area contributed by atoms with Crippen molar-refractivity contribution in [1.29, 1.82) is 0 Å². The van der Waals surface area contributed by atoms with Gasteiger partial charge >= 0.3 is 0 Å². The molecule has 7 aromatic rings. The maximum atomic E-state index is 4.97. The number of nitrogens with zero attached hydrogens (tertiary/aromatic N) is 2. The van der Waals surface area contributed by atoms with Gasteiger partial charge in [0.1, 0.15) is 0 Å². The van der Waals surface area contributed by atoms with E-state index in [-0.39, 0.29) is 0 Å². The van der Waals surface area contributed by atoms with Crippen molar-refractivity contribution in [2.75, 3.05) is 0 Å². The van der Waals surface area contributed by atoms with Crippen LogP contribution in [-0.2, 0) is 0 Å². The van der Waals surface area contributed by atoms with Crippen LogP contribution in [0.2, 0.25) is 0 Å². The molecule has 6 aromatic carbocycles. The lowest BCUT2D eigenvalue weighted by atomic mass is 9.97. The second kappa shape index (κ2) is 9.66. The minimum Gasteiger partial charge on any atom is -0.233 e. The minimum atomic E-state index is 0.743. The van der Waals surface area contributed by atoms with Gasteiger partial charge in [-0.3, -0.25) is 0 Å². The lowest BCUT2D eigenvalue weighted by Gasteiger charge is -2.10. The molecule has 0 unspecified atom stereocenters. The largest absolute Gasteiger partial charge is 0.233 e. The summed E-state index contributed by atoms with van der Waals surface area (Å²) in [5, 5.41) is 5.02. The van der Waals surface area contributed by atoms with Crippen molar-refractivity contribution in [3.8, 4) is 44.9 Å². The monoisotopic (exact) mass is 498 g/mol. The highest BCUT2D eigenvalue weighted by Crippen LogP contribution is 2.32. The second-order valence-electron chi connectivity index (χ2n) is 9.93. The Bertz CT molecular complexity index is 1800. The predicted molar refractivity (Wildman–Crippen MR) is 164 cm³/mol. The fraction of sp³-hybridized carbons (Fsp3) is 0.0270. The fourth-order valence-electron chi connectivity index (χ4n) is 5.42. The molecule has 0 spiro atoms. The molecule has 0 bridgehead atoms. The molecule has 1 aromatic heterocycles. The Morgan fingerprint density at radius 3 is 1.44 bits per heavy atom. The third-order valence-electron chi connectivity index (χ3n) is 7.38. The molecule has 0 saturated heterocycles. The zero-order valence-electron chi connectivity index (χ0n) is 21.7. The molecule has 0 N–H and O–H groups in total. The van der Waals surface area contributed by atoms with Crippen molar-refractivity contribution >= 4 is 21.5 Å². The smallest absolute Gasteiger partial charge is 0.160 e. The van der Waals surface area contributed by atoms with Crippen LogP contribution >= 0.6 is 0 Å². The number of aryl methyl sites for hydroxylation is 1. The highest BCUT2D eigenvalue weighted by molar-refractivity contribution is 5.97. The van der Waals surface area contributed by atoms with Crippen molar-refractivity contribution in [2.45, 2.75) is 6.92 Å². The standard InChI is InChI=1S/C37H26N2/c1-25-24-36(30-20-16-28(17-21-30)34-14-6-10-26-8-2-4-12-32(26)34)39-37(38-25)31-22-18-29(19-23-31)35-15-7-11-27-9-3-5-13-33(27)35/h2-24H,1H3. The first-order valence-corrected chi connectivity index (χ1v) is 13.3. The van der Waals surface area contributed by atoms with Gasteiger partial charge < -0.3 is 0 Å². The van der Waals surface area contributed by atoms with E-state index in [0.717, 1.165) is 28.3 Å². The Balaban J connectivity index is 1.21. The van der Waals surface area contributed by atoms with Crippen molar-refractivity contribution in [2.24, 2.45) is 0 Å². The molecule has 0 radical (unpaired) electrons. The molecule has 2 nitrogen and oxygen atoms in total. The van der Waals surface area contributed by atoms with Gasteiger partial charge in [0, 0.05) is 16.8 Å². The van der Waals surface area contributed by atoms with Gasteiger partial charge in [-0.25, -0.2) is 9.97 Å². The fourth-order valence-corrected chi connectivity index (χ4v) is 5.42. The summed E-state index contributed by atoms with van der Waals surface area (Å²) in [5.74, 6) is 0.743. The Hall–Kier alpha value is -5.08. The molecule has 2 heteroatoms. The summed E-state index contributed by atoms with van der Waals surface area (Å²) < 4.78 is 0. The first-order valence-electron chi connectivity index (χ1n) is 13.3. The van der Waals surface area contributed by atoms with Crippen LogP contribution in [0.4, 0.5) is 0 Å². The van der Waals surface area contributed by atoms with Crippen LogP contribution in [-0.4, -0.2) is 9.97 Å². The van der Waals surface area contributed by atoms with Gasteiger partial charge in [0.05, 0.1) is 5.69 Å². The van der Waals surface area contributed by atoms with Crippen LogP contribution in [0, 0.1) is 6.92 Å². The highest BCUT2D eigenvalue weighted by atomic mass is 14.9. The molecule has 1 heterocycles. The van der Waals surface area contributed by atoms with Gasteiger partial charge in [-0.15, -0.1) is 0 Å². The molecule has 0 saturated carbocycles. The van der Waals surface area contributed by atoms with Gasteiger partial charge in [0.15, 0.2) is 5.82 Å². The van der Waals surface area contributed by atoms with Crippen molar-refractivity contribution in [3.63, 3.8) is 0 Å². The highest BCUT2D eigenvalue weighted by Gasteiger charge is 2.10. The average molecular weight is 499 g/mol. The Labute approximate surface area is 228 Å². The lowest BCUT2D eigenvalue weighted by Crippen LogP contribution is -1.95. The zero-order valence-corrected chi connectivity index (χ0v) is 21.7. The molecule has 39 heavy (non-hydrogen) atoms. The maximum absolute atomic E-state index is 4.97. The van der Waals surface area contributed by atoms with Crippen LogP contribution in [0.1, 0.15) is 5.69 Å². The third-order valence-corrected chi connectivity index (χ3v) is 7.38. The van der Waals surface area contributed by atoms with Gasteiger partial charge in [0.2, 0.25) is 0 Å². The second-order valence-corrected chi connectivity index (χ2v) is 9.93. The summed E-state index contributed by atoms with van der Waals surface area (Å²) in [7, 11) is 0. The molecule has 0 aliphatic rings. The number of benzene rings is 6. The number of aromatic nitrogens is 2. The van der Waals surface area contributed by atoms with Crippen LogP contribution in [0.3, 0.4) is 0 Å². The summed E-state index contributed by atoms with van der Waals surface area (Å²) in [5.41, 5.74) is 8.83. The van der Waals surface area contributed by atoms with E-state index in [4.69, 9.17) is 9.97 Å². The Morgan fingerprint density at radius 2 is 0.872 bits per heavy atom. The minimum absolute atomic E-state index is 0.743. The van der Waals surface area contributed by atoms with Gasteiger partial charge in [0.25, 0.3) is 0 Å². The zero-order chi connectivity index (χ0) is 26.2. The summed E-state index contributed by atoms with van der Waals surface area (Å²) in [4.78, 5) is 9.74. The van der Waals surface area contributed by atoms with Crippen molar-refractivity contribution < 1.29 is 0 Å². The van der Waals surface area contributed by atoms with Gasteiger partial charge in [-0.2, -0.15) is 0 Å². The number of fused-ring (bicyclic) bond motifs is 2. The van der Waals surface area contributed by atoms with E-state index in [1.165, 1.54) is 43.8 Å². The first kappa shape index (κ1) is 23.1. The molecule has 7 rings (SSSR count). The molecule has 0 fully saturated rings. The molecular formula is C37H26N2. The summed E-state index contributed by atoms with van der Waals surface area (Å²) in [6, 6.07) is 49.3. The van der Waals surface area contributed by atoms with Crippen LogP contribution in [0.15, 0.2) is 140 Å². The van der Waals surface area contributed by atoms with Crippen LogP contribution < -0.4 is 0 Å². The van der Waals surface area contributed by atoms with Crippen molar-refractivity contribution in [3.05, 3.63) is 145 Å². The van der Waals surface area contributed by atoms with E-state index < -0.39 is 0 Å². The molecular weight excluding hydrogens is 472 g/mol. The summed E-state index contributed by atoms with van der Waals surface area (Å²) >= 11 is 0. The molecule has 0 aliphatic carbocycles. The third kappa shape index (κ3) is 4.36. The summed E-state index contributed by atoms with van der Waals surface area (Å²) in [6.07, 6.45) is 0. The molecule has 0 amide bonds. The number of rotatable bonds is 4. The quantitative estimate of drug-likeness (QED) is 0.241. The van der Waals surface area contributed by atoms with Crippen molar-refractivity contribution in [1.82, 2.24) is 9.97 Å².